The molecule has 0 radical (unpaired) electrons. The number of benzene rings is 2. The number of H-pyrrole nitrogens is 1. The van der Waals surface area contributed by atoms with Crippen molar-refractivity contribution in [2.24, 2.45) is 0 Å². The largest absolute Gasteiger partial charge is 0.399 e. The van der Waals surface area contributed by atoms with Gasteiger partial charge in [-0.25, -0.2) is 4.79 Å². The van der Waals surface area contributed by atoms with E-state index >= 15 is 0 Å². The van der Waals surface area contributed by atoms with Crippen LogP contribution in [0.25, 0.3) is 16.5 Å². The summed E-state index contributed by atoms with van der Waals surface area (Å²) in [4.78, 5) is 30.1. The molecule has 1 aliphatic rings. The van der Waals surface area contributed by atoms with Crippen LogP contribution in [0, 0.1) is 0 Å². The van der Waals surface area contributed by atoms with Crippen molar-refractivity contribution in [1.29, 1.82) is 0 Å². The number of anilines is 1. The first-order chi connectivity index (χ1) is 14.1. The number of aromatic amines is 1. The monoisotopic (exact) mass is 390 g/mol. The van der Waals surface area contributed by atoms with Crippen LogP contribution >= 0.6 is 0 Å². The van der Waals surface area contributed by atoms with E-state index in [1.54, 1.807) is 18.2 Å². The number of rotatable bonds is 6. The van der Waals surface area contributed by atoms with Crippen LogP contribution in [0.15, 0.2) is 64.2 Å². The maximum Gasteiger partial charge on any atom is 0.328 e. The molecule has 1 aliphatic heterocycles. The summed E-state index contributed by atoms with van der Waals surface area (Å²) in [6.45, 7) is 3.38. The summed E-state index contributed by atoms with van der Waals surface area (Å²) in [5, 5.41) is 0.494. The number of nitrogen functional groups attached to an aromatic ring is 1. The highest BCUT2D eigenvalue weighted by molar-refractivity contribution is 5.80. The minimum Gasteiger partial charge on any atom is -0.399 e. The summed E-state index contributed by atoms with van der Waals surface area (Å²) >= 11 is 0. The van der Waals surface area contributed by atoms with Gasteiger partial charge < -0.3 is 10.7 Å². The second kappa shape index (κ2) is 8.49. The zero-order valence-corrected chi connectivity index (χ0v) is 16.4. The summed E-state index contributed by atoms with van der Waals surface area (Å²) in [6.07, 6.45) is 5.09. The lowest BCUT2D eigenvalue weighted by Crippen LogP contribution is -2.35. The van der Waals surface area contributed by atoms with Crippen LogP contribution in [-0.2, 0) is 6.54 Å². The highest BCUT2D eigenvalue weighted by Gasteiger charge is 2.13. The lowest BCUT2D eigenvalue weighted by Gasteiger charge is -2.26. The zero-order chi connectivity index (χ0) is 20.2. The average molecular weight is 390 g/mol. The number of nitrogens with two attached hydrogens (primary N) is 1. The molecule has 0 fully saturated rings. The second-order valence-electron chi connectivity index (χ2n) is 7.55. The molecule has 150 valence electrons. The molecule has 4 rings (SSSR count). The Hall–Kier alpha value is -3.12. The van der Waals surface area contributed by atoms with Crippen LogP contribution in [0.4, 0.5) is 5.69 Å². The topological polar surface area (TPSA) is 84.1 Å². The number of unbranched alkanes of at least 4 members (excludes halogenated alkanes) is 1. The molecule has 29 heavy (non-hydrogen) atoms. The predicted octanol–water partition coefficient (Wildman–Crippen LogP) is 2.84. The van der Waals surface area contributed by atoms with E-state index in [1.165, 1.54) is 15.7 Å². The molecule has 0 saturated heterocycles. The maximum absolute atomic E-state index is 12.6. The highest BCUT2D eigenvalue weighted by atomic mass is 16.2. The van der Waals surface area contributed by atoms with Crippen LogP contribution in [0.1, 0.15) is 24.8 Å². The number of nitrogens with zero attached hydrogens (tertiary/aromatic N) is 2. The van der Waals surface area contributed by atoms with Crippen molar-refractivity contribution >= 4 is 22.2 Å². The van der Waals surface area contributed by atoms with Gasteiger partial charge in [0.15, 0.2) is 0 Å². The Labute approximate surface area is 169 Å². The zero-order valence-electron chi connectivity index (χ0n) is 16.4. The van der Waals surface area contributed by atoms with Crippen molar-refractivity contribution in [3.63, 3.8) is 0 Å². The molecule has 0 bridgehead atoms. The van der Waals surface area contributed by atoms with Gasteiger partial charge in [0.05, 0.1) is 10.9 Å². The predicted molar refractivity (Wildman–Crippen MR) is 118 cm³/mol. The van der Waals surface area contributed by atoms with E-state index in [9.17, 15) is 9.59 Å². The third kappa shape index (κ3) is 4.32. The van der Waals surface area contributed by atoms with Crippen LogP contribution in [-0.4, -0.2) is 34.1 Å². The highest BCUT2D eigenvalue weighted by Crippen LogP contribution is 2.22. The standard InChI is InChI=1S/C23H26N4O2/c24-19-8-9-20-21(16-19)25-23(29)27(22(20)28)13-5-4-12-26-14-10-18(11-15-26)17-6-2-1-3-7-17/h1-3,6-10,16H,4-5,11-15,24H2,(H,25,29). The summed E-state index contributed by atoms with van der Waals surface area (Å²) in [7, 11) is 0. The first kappa shape index (κ1) is 19.2. The molecule has 3 aromatic rings. The molecular formula is C23H26N4O2. The molecule has 0 unspecified atom stereocenters. The summed E-state index contributed by atoms with van der Waals surface area (Å²) in [5.41, 5.74) is 8.85. The molecule has 2 aromatic carbocycles. The fourth-order valence-electron chi connectivity index (χ4n) is 3.91. The lowest BCUT2D eigenvalue weighted by atomic mass is 9.99. The Kier molecular flexibility index (Phi) is 5.62. The van der Waals surface area contributed by atoms with E-state index in [2.05, 4.69) is 40.2 Å². The molecule has 2 heterocycles. The van der Waals surface area contributed by atoms with Crippen LogP contribution in [0.2, 0.25) is 0 Å². The van der Waals surface area contributed by atoms with Crippen LogP contribution in [0.3, 0.4) is 0 Å². The molecule has 1 aromatic heterocycles. The van der Waals surface area contributed by atoms with Crippen LogP contribution in [0.5, 0.6) is 0 Å². The summed E-state index contributed by atoms with van der Waals surface area (Å²) in [6, 6.07) is 15.5. The van der Waals surface area contributed by atoms with E-state index in [0.717, 1.165) is 38.9 Å². The fraction of sp³-hybridized carbons (Fsp3) is 0.304. The average Bonchev–Trinajstić information content (AvgIpc) is 2.74. The van der Waals surface area contributed by atoms with Crippen molar-refractivity contribution in [2.45, 2.75) is 25.8 Å². The molecule has 0 atom stereocenters. The van der Waals surface area contributed by atoms with Crippen molar-refractivity contribution < 1.29 is 0 Å². The minimum absolute atomic E-state index is 0.253. The SMILES string of the molecule is Nc1ccc2c(=O)n(CCCCN3CC=C(c4ccccc4)CC3)c(=O)[nH]c2c1. The van der Waals surface area contributed by atoms with Gasteiger partial charge in [0.25, 0.3) is 5.56 Å². The number of aromatic nitrogens is 2. The van der Waals surface area contributed by atoms with Gasteiger partial charge in [-0.15, -0.1) is 0 Å². The Balaban J connectivity index is 1.32. The molecule has 6 heteroatoms. The van der Waals surface area contributed by atoms with Gasteiger partial charge in [-0.1, -0.05) is 36.4 Å². The van der Waals surface area contributed by atoms with Crippen molar-refractivity contribution in [3.05, 3.63) is 81.0 Å². The Morgan fingerprint density at radius 1 is 1.00 bits per heavy atom. The smallest absolute Gasteiger partial charge is 0.328 e. The van der Waals surface area contributed by atoms with Crippen molar-refractivity contribution in [1.82, 2.24) is 14.5 Å². The number of hydrogen-bond donors (Lipinski definition) is 2. The van der Waals surface area contributed by atoms with E-state index in [-0.39, 0.29) is 11.2 Å². The van der Waals surface area contributed by atoms with Crippen molar-refractivity contribution in [2.75, 3.05) is 25.4 Å². The van der Waals surface area contributed by atoms with Gasteiger partial charge in [-0.2, -0.15) is 0 Å². The van der Waals surface area contributed by atoms with Crippen LogP contribution < -0.4 is 17.0 Å². The van der Waals surface area contributed by atoms with E-state index < -0.39 is 0 Å². The van der Waals surface area contributed by atoms with Gasteiger partial charge in [0, 0.05) is 25.3 Å². The molecule has 3 N–H and O–H groups in total. The van der Waals surface area contributed by atoms with E-state index in [0.29, 0.717) is 23.1 Å². The molecule has 0 saturated carbocycles. The summed E-state index contributed by atoms with van der Waals surface area (Å²) in [5.74, 6) is 0. The minimum atomic E-state index is -0.374. The van der Waals surface area contributed by atoms with E-state index in [4.69, 9.17) is 5.73 Å². The van der Waals surface area contributed by atoms with Gasteiger partial charge in [0.2, 0.25) is 0 Å². The second-order valence-corrected chi connectivity index (χ2v) is 7.55. The van der Waals surface area contributed by atoms with Crippen molar-refractivity contribution in [3.8, 4) is 0 Å². The third-order valence-electron chi connectivity index (χ3n) is 5.55. The first-order valence-electron chi connectivity index (χ1n) is 10.1. The fourth-order valence-corrected chi connectivity index (χ4v) is 3.91. The van der Waals surface area contributed by atoms with Gasteiger partial charge in [-0.05, 0) is 55.1 Å². The van der Waals surface area contributed by atoms with E-state index in [1.807, 2.05) is 6.07 Å². The first-order valence-corrected chi connectivity index (χ1v) is 10.1. The van der Waals surface area contributed by atoms with Gasteiger partial charge in [-0.3, -0.25) is 14.3 Å². The quantitative estimate of drug-likeness (QED) is 0.501. The van der Waals surface area contributed by atoms with Gasteiger partial charge >= 0.3 is 5.69 Å². The number of hydrogen-bond acceptors (Lipinski definition) is 4. The Morgan fingerprint density at radius 3 is 2.55 bits per heavy atom. The number of fused-ring (bicyclic) bond motifs is 1. The Bertz CT molecular complexity index is 1140. The maximum atomic E-state index is 12.6. The normalized spacial score (nSPS) is 14.8. The molecular weight excluding hydrogens is 364 g/mol. The Morgan fingerprint density at radius 2 is 1.79 bits per heavy atom. The molecule has 0 amide bonds. The third-order valence-corrected chi connectivity index (χ3v) is 5.55. The van der Waals surface area contributed by atoms with Gasteiger partial charge in [0.1, 0.15) is 0 Å². The lowest BCUT2D eigenvalue weighted by molar-refractivity contribution is 0.292. The molecule has 6 nitrogen and oxygen atoms in total. The number of nitrogens with one attached hydrogen (secondary N) is 1. The summed E-state index contributed by atoms with van der Waals surface area (Å²) < 4.78 is 1.29. The molecule has 0 aliphatic carbocycles. The molecule has 0 spiro atoms.